The highest BCUT2D eigenvalue weighted by atomic mass is 16.7. The lowest BCUT2D eigenvalue weighted by Crippen LogP contribution is -2.27. The van der Waals surface area contributed by atoms with Crippen molar-refractivity contribution >= 4 is 5.57 Å². The number of nitrogens with one attached hydrogen (secondary N) is 1. The molecule has 0 saturated heterocycles. The summed E-state index contributed by atoms with van der Waals surface area (Å²) in [6.45, 7) is 3.50. The van der Waals surface area contributed by atoms with Gasteiger partial charge < -0.3 is 5.11 Å². The van der Waals surface area contributed by atoms with Crippen LogP contribution in [0.5, 0.6) is 0 Å². The highest BCUT2D eigenvalue weighted by Crippen LogP contribution is 2.34. The molecule has 0 aromatic heterocycles. The van der Waals surface area contributed by atoms with E-state index in [9.17, 15) is 5.11 Å². The Kier molecular flexibility index (Phi) is 2.06. The predicted octanol–water partition coefficient (Wildman–Crippen LogP) is 1.66. The van der Waals surface area contributed by atoms with Crippen LogP contribution in [0.4, 0.5) is 0 Å². The Bertz CT molecular complexity index is 368. The van der Waals surface area contributed by atoms with Crippen LogP contribution in [0.2, 0.25) is 0 Å². The number of hydroxylamine groups is 1. The molecular formula is C11H13NO2. The molecule has 1 aromatic rings. The molecule has 1 atom stereocenters. The lowest BCUT2D eigenvalue weighted by atomic mass is 9.98. The van der Waals surface area contributed by atoms with Gasteiger partial charge in [-0.15, -0.1) is 0 Å². The Labute approximate surface area is 83.0 Å². The Morgan fingerprint density at radius 1 is 1.29 bits per heavy atom. The molecule has 0 fully saturated rings. The van der Waals surface area contributed by atoms with E-state index in [1.54, 1.807) is 6.92 Å². The third-order valence-electron chi connectivity index (χ3n) is 2.30. The molecule has 2 N–H and O–H groups in total. The molecule has 0 amide bonds. The molecule has 1 aromatic carbocycles. The van der Waals surface area contributed by atoms with Gasteiger partial charge in [0.05, 0.1) is 0 Å². The minimum atomic E-state index is -1.24. The molecule has 14 heavy (non-hydrogen) atoms. The van der Waals surface area contributed by atoms with Crippen LogP contribution >= 0.6 is 0 Å². The second-order valence-electron chi connectivity index (χ2n) is 3.55. The number of hydrogen-bond donors (Lipinski definition) is 2. The first-order chi connectivity index (χ1) is 6.61. The normalized spacial score (nSPS) is 26.5. The van der Waals surface area contributed by atoms with Gasteiger partial charge >= 0.3 is 0 Å². The van der Waals surface area contributed by atoms with E-state index in [0.29, 0.717) is 0 Å². The summed E-state index contributed by atoms with van der Waals surface area (Å²) in [5, 5.41) is 9.94. The van der Waals surface area contributed by atoms with Crippen molar-refractivity contribution in [1.82, 2.24) is 5.48 Å². The molecule has 0 radical (unpaired) electrons. The smallest absolute Gasteiger partial charge is 0.217 e. The average molecular weight is 191 g/mol. The summed E-state index contributed by atoms with van der Waals surface area (Å²) >= 11 is 0. The minimum Gasteiger partial charge on any atom is -0.360 e. The van der Waals surface area contributed by atoms with Crippen molar-refractivity contribution in [2.45, 2.75) is 19.6 Å². The first kappa shape index (κ1) is 9.24. The zero-order chi connectivity index (χ0) is 10.2. The highest BCUT2D eigenvalue weighted by Gasteiger charge is 2.35. The Morgan fingerprint density at radius 2 is 1.93 bits per heavy atom. The average Bonchev–Trinajstić information content (AvgIpc) is 2.42. The summed E-state index contributed by atoms with van der Waals surface area (Å²) in [7, 11) is 0. The van der Waals surface area contributed by atoms with Crippen LogP contribution in [0.1, 0.15) is 19.4 Å². The van der Waals surface area contributed by atoms with Gasteiger partial charge in [-0.1, -0.05) is 30.3 Å². The lowest BCUT2D eigenvalue weighted by molar-refractivity contribution is -0.163. The van der Waals surface area contributed by atoms with E-state index in [1.807, 2.05) is 37.3 Å². The van der Waals surface area contributed by atoms with E-state index in [2.05, 4.69) is 5.48 Å². The van der Waals surface area contributed by atoms with Crippen LogP contribution < -0.4 is 5.48 Å². The zero-order valence-electron chi connectivity index (χ0n) is 8.24. The number of benzene rings is 1. The van der Waals surface area contributed by atoms with Gasteiger partial charge in [0.15, 0.2) is 0 Å². The number of hydrogen-bond acceptors (Lipinski definition) is 3. The molecule has 1 heterocycles. The monoisotopic (exact) mass is 191 g/mol. The molecule has 3 nitrogen and oxygen atoms in total. The summed E-state index contributed by atoms with van der Waals surface area (Å²) < 4.78 is 0. The Balaban J connectivity index is 2.48. The standard InChI is InChI=1S/C11H13NO2/c1-8-10(11(2,13)14-12-8)9-6-4-3-5-7-9/h3-7,12-13H,1-2H3/t11-/m1/s1. The first-order valence-corrected chi connectivity index (χ1v) is 4.54. The van der Waals surface area contributed by atoms with E-state index in [1.165, 1.54) is 0 Å². The van der Waals surface area contributed by atoms with Crippen LogP contribution in [0.25, 0.3) is 5.57 Å². The maximum Gasteiger partial charge on any atom is 0.217 e. The largest absolute Gasteiger partial charge is 0.360 e. The summed E-state index contributed by atoms with van der Waals surface area (Å²) in [6, 6.07) is 9.71. The number of rotatable bonds is 1. The van der Waals surface area contributed by atoms with Crippen LogP contribution in [0.3, 0.4) is 0 Å². The maximum atomic E-state index is 9.94. The van der Waals surface area contributed by atoms with Crippen LogP contribution in [0, 0.1) is 0 Å². The van der Waals surface area contributed by atoms with Crippen molar-refractivity contribution in [3.63, 3.8) is 0 Å². The molecule has 0 spiro atoms. The molecular weight excluding hydrogens is 178 g/mol. The quantitative estimate of drug-likeness (QED) is 0.709. The Hall–Kier alpha value is -1.32. The molecule has 74 valence electrons. The highest BCUT2D eigenvalue weighted by molar-refractivity contribution is 5.73. The Morgan fingerprint density at radius 3 is 2.43 bits per heavy atom. The van der Waals surface area contributed by atoms with E-state index >= 15 is 0 Å². The first-order valence-electron chi connectivity index (χ1n) is 4.54. The van der Waals surface area contributed by atoms with Gasteiger partial charge in [0.2, 0.25) is 5.79 Å². The van der Waals surface area contributed by atoms with E-state index in [4.69, 9.17) is 4.84 Å². The van der Waals surface area contributed by atoms with Gasteiger partial charge in [-0.3, -0.25) is 5.48 Å². The summed E-state index contributed by atoms with van der Waals surface area (Å²) in [5.74, 6) is -1.24. The van der Waals surface area contributed by atoms with Gasteiger partial charge in [0.25, 0.3) is 0 Å². The molecule has 0 saturated carbocycles. The predicted molar refractivity (Wildman–Crippen MR) is 53.9 cm³/mol. The molecule has 1 aliphatic heterocycles. The fourth-order valence-corrected chi connectivity index (χ4v) is 1.72. The fraction of sp³-hybridized carbons (Fsp3) is 0.273. The fourth-order valence-electron chi connectivity index (χ4n) is 1.72. The summed E-state index contributed by atoms with van der Waals surface area (Å²) in [5.41, 5.74) is 5.30. The van der Waals surface area contributed by atoms with E-state index < -0.39 is 5.79 Å². The van der Waals surface area contributed by atoms with Crippen molar-refractivity contribution in [1.29, 1.82) is 0 Å². The summed E-state index contributed by atoms with van der Waals surface area (Å²) in [4.78, 5) is 5.05. The summed E-state index contributed by atoms with van der Waals surface area (Å²) in [6.07, 6.45) is 0. The van der Waals surface area contributed by atoms with Gasteiger partial charge in [0.1, 0.15) is 0 Å². The van der Waals surface area contributed by atoms with Crippen LogP contribution in [0.15, 0.2) is 36.0 Å². The SMILES string of the molecule is CC1=C(c2ccccc2)[C@](C)(O)ON1. The van der Waals surface area contributed by atoms with Crippen LogP contribution in [-0.4, -0.2) is 10.9 Å². The topological polar surface area (TPSA) is 41.5 Å². The number of allylic oxidation sites excluding steroid dienone is 1. The van der Waals surface area contributed by atoms with Crippen molar-refractivity contribution in [3.05, 3.63) is 41.6 Å². The third-order valence-corrected chi connectivity index (χ3v) is 2.30. The van der Waals surface area contributed by atoms with Gasteiger partial charge in [-0.25, -0.2) is 4.84 Å². The van der Waals surface area contributed by atoms with E-state index in [-0.39, 0.29) is 0 Å². The molecule has 2 rings (SSSR count). The van der Waals surface area contributed by atoms with Gasteiger partial charge in [-0.2, -0.15) is 0 Å². The molecule has 3 heteroatoms. The second kappa shape index (κ2) is 3.12. The van der Waals surface area contributed by atoms with Crippen LogP contribution in [-0.2, 0) is 4.84 Å². The van der Waals surface area contributed by atoms with Crippen molar-refractivity contribution in [2.24, 2.45) is 0 Å². The minimum absolute atomic E-state index is 0.790. The molecule has 0 aliphatic carbocycles. The molecule has 0 bridgehead atoms. The number of aliphatic hydroxyl groups is 1. The zero-order valence-corrected chi connectivity index (χ0v) is 8.24. The maximum absolute atomic E-state index is 9.94. The van der Waals surface area contributed by atoms with Crippen molar-refractivity contribution in [3.8, 4) is 0 Å². The van der Waals surface area contributed by atoms with E-state index in [0.717, 1.165) is 16.8 Å². The molecule has 0 unspecified atom stereocenters. The lowest BCUT2D eigenvalue weighted by Gasteiger charge is -2.18. The van der Waals surface area contributed by atoms with Crippen molar-refractivity contribution < 1.29 is 9.94 Å². The third kappa shape index (κ3) is 1.41. The second-order valence-corrected chi connectivity index (χ2v) is 3.55. The van der Waals surface area contributed by atoms with Crippen molar-refractivity contribution in [2.75, 3.05) is 0 Å². The van der Waals surface area contributed by atoms with Gasteiger partial charge in [0, 0.05) is 11.3 Å². The van der Waals surface area contributed by atoms with Gasteiger partial charge in [-0.05, 0) is 19.4 Å². The molecule has 1 aliphatic rings.